The average Bonchev–Trinajstić information content (AvgIpc) is 2.37. The van der Waals surface area contributed by atoms with Gasteiger partial charge >= 0.3 is 0 Å². The second-order valence-electron chi connectivity index (χ2n) is 3.88. The van der Waals surface area contributed by atoms with Crippen molar-refractivity contribution in [2.45, 2.75) is 6.54 Å². The summed E-state index contributed by atoms with van der Waals surface area (Å²) in [6, 6.07) is 6.47. The van der Waals surface area contributed by atoms with Gasteiger partial charge in [-0.25, -0.2) is 8.78 Å². The van der Waals surface area contributed by atoms with Crippen molar-refractivity contribution in [1.29, 1.82) is 0 Å². The molecular weight excluding hydrogens is 320 g/mol. The maximum absolute atomic E-state index is 13.5. The van der Waals surface area contributed by atoms with Crippen LogP contribution in [0.2, 0.25) is 0 Å². The molecule has 2 aromatic rings. The van der Waals surface area contributed by atoms with Crippen LogP contribution in [0, 0.1) is 11.6 Å². The molecule has 0 saturated heterocycles. The predicted molar refractivity (Wildman–Crippen MR) is 71.2 cm³/mol. The molecule has 0 heterocycles. The lowest BCUT2D eigenvalue weighted by atomic mass is 10.2. The zero-order valence-electron chi connectivity index (χ0n) is 9.62. The summed E-state index contributed by atoms with van der Waals surface area (Å²) in [5.41, 5.74) is 0.353. The first-order valence-corrected chi connectivity index (χ1v) is 6.16. The summed E-state index contributed by atoms with van der Waals surface area (Å²) < 4.78 is 26.9. The van der Waals surface area contributed by atoms with Crippen molar-refractivity contribution in [3.8, 4) is 11.5 Å². The van der Waals surface area contributed by atoms with Gasteiger partial charge in [-0.2, -0.15) is 0 Å². The fraction of sp³-hybridized carbons (Fsp3) is 0.0769. The second-order valence-corrected chi connectivity index (χ2v) is 4.74. The molecule has 0 bridgehead atoms. The lowest BCUT2D eigenvalue weighted by Gasteiger charge is -2.10. The Morgan fingerprint density at radius 3 is 2.58 bits per heavy atom. The van der Waals surface area contributed by atoms with Gasteiger partial charge in [-0.05, 0) is 28.1 Å². The quantitative estimate of drug-likeness (QED) is 0.593. The Morgan fingerprint density at radius 1 is 1.11 bits per heavy atom. The van der Waals surface area contributed by atoms with E-state index in [4.69, 9.17) is 0 Å². The molecule has 100 valence electrons. The van der Waals surface area contributed by atoms with Crippen LogP contribution in [-0.2, 0) is 6.54 Å². The molecule has 0 aliphatic heterocycles. The van der Waals surface area contributed by atoms with E-state index in [2.05, 4.69) is 21.2 Å². The van der Waals surface area contributed by atoms with Crippen molar-refractivity contribution in [3.05, 3.63) is 52.0 Å². The number of aromatic hydroxyl groups is 2. The smallest absolute Gasteiger partial charge is 0.162 e. The minimum atomic E-state index is -0.618. The van der Waals surface area contributed by atoms with Crippen molar-refractivity contribution in [3.63, 3.8) is 0 Å². The Bertz CT molecular complexity index is 620. The van der Waals surface area contributed by atoms with E-state index in [1.807, 2.05) is 0 Å². The van der Waals surface area contributed by atoms with E-state index >= 15 is 0 Å². The van der Waals surface area contributed by atoms with Crippen LogP contribution in [0.1, 0.15) is 5.56 Å². The molecule has 0 atom stereocenters. The first-order chi connectivity index (χ1) is 8.99. The van der Waals surface area contributed by atoms with Crippen LogP contribution >= 0.6 is 15.9 Å². The molecule has 0 spiro atoms. The molecule has 0 unspecified atom stereocenters. The lowest BCUT2D eigenvalue weighted by molar-refractivity contribution is 0.400. The highest BCUT2D eigenvalue weighted by atomic mass is 79.9. The number of halogens is 3. The standard InChI is InChI=1S/C13H10BrF2NO2/c14-8-4-10(16)11(5-9(8)15)17-6-7-2-1-3-12(18)13(7)19/h1-5,17-19H,6H2. The first-order valence-electron chi connectivity index (χ1n) is 5.37. The summed E-state index contributed by atoms with van der Waals surface area (Å²) in [7, 11) is 0. The van der Waals surface area contributed by atoms with Gasteiger partial charge in [-0.3, -0.25) is 0 Å². The minimum absolute atomic E-state index is 0.0246. The molecule has 3 N–H and O–H groups in total. The number of anilines is 1. The Labute approximate surface area is 116 Å². The fourth-order valence-corrected chi connectivity index (χ4v) is 1.88. The average molecular weight is 330 g/mol. The third-order valence-corrected chi connectivity index (χ3v) is 3.19. The molecule has 19 heavy (non-hydrogen) atoms. The summed E-state index contributed by atoms with van der Waals surface area (Å²) in [5.74, 6) is -1.76. The number of nitrogens with one attached hydrogen (secondary N) is 1. The van der Waals surface area contributed by atoms with Crippen molar-refractivity contribution < 1.29 is 19.0 Å². The van der Waals surface area contributed by atoms with Gasteiger partial charge in [0, 0.05) is 18.2 Å². The zero-order valence-corrected chi connectivity index (χ0v) is 11.2. The summed E-state index contributed by atoms with van der Waals surface area (Å²) in [6.45, 7) is 0.0538. The van der Waals surface area contributed by atoms with E-state index in [1.165, 1.54) is 6.07 Å². The molecule has 0 fully saturated rings. The van der Waals surface area contributed by atoms with Gasteiger partial charge in [0.25, 0.3) is 0 Å². The number of benzene rings is 2. The van der Waals surface area contributed by atoms with E-state index in [9.17, 15) is 19.0 Å². The number of phenolic OH excluding ortho intramolecular Hbond substituents is 2. The van der Waals surface area contributed by atoms with Gasteiger partial charge in [-0.1, -0.05) is 12.1 Å². The summed E-state index contributed by atoms with van der Waals surface area (Å²) in [5, 5.41) is 21.6. The number of hydrogen-bond acceptors (Lipinski definition) is 3. The minimum Gasteiger partial charge on any atom is -0.504 e. The zero-order chi connectivity index (χ0) is 14.0. The topological polar surface area (TPSA) is 52.5 Å². The maximum atomic E-state index is 13.5. The molecule has 0 radical (unpaired) electrons. The Hall–Kier alpha value is -1.82. The summed E-state index contributed by atoms with van der Waals surface area (Å²) in [4.78, 5) is 0. The van der Waals surface area contributed by atoms with E-state index in [0.717, 1.165) is 12.1 Å². The third-order valence-electron chi connectivity index (χ3n) is 2.58. The van der Waals surface area contributed by atoms with Crippen LogP contribution in [0.25, 0.3) is 0 Å². The molecular formula is C13H10BrF2NO2. The van der Waals surface area contributed by atoms with Crippen LogP contribution < -0.4 is 5.32 Å². The lowest BCUT2D eigenvalue weighted by Crippen LogP contribution is -2.02. The van der Waals surface area contributed by atoms with Gasteiger partial charge in [0.15, 0.2) is 11.5 Å². The van der Waals surface area contributed by atoms with E-state index in [1.54, 1.807) is 12.1 Å². The van der Waals surface area contributed by atoms with E-state index < -0.39 is 11.6 Å². The normalized spacial score (nSPS) is 10.5. The first kappa shape index (κ1) is 13.6. The number of phenols is 2. The van der Waals surface area contributed by atoms with Gasteiger partial charge in [0.2, 0.25) is 0 Å². The maximum Gasteiger partial charge on any atom is 0.162 e. The Balaban J connectivity index is 2.19. The SMILES string of the molecule is Oc1cccc(CNc2cc(F)c(Br)cc2F)c1O. The Kier molecular flexibility index (Phi) is 3.90. The van der Waals surface area contributed by atoms with E-state index in [-0.39, 0.29) is 28.2 Å². The predicted octanol–water partition coefficient (Wildman–Crippen LogP) is 3.75. The van der Waals surface area contributed by atoms with Gasteiger partial charge < -0.3 is 15.5 Å². The highest BCUT2D eigenvalue weighted by Gasteiger charge is 2.10. The van der Waals surface area contributed by atoms with E-state index in [0.29, 0.717) is 5.56 Å². The van der Waals surface area contributed by atoms with Crippen molar-refractivity contribution in [1.82, 2.24) is 0 Å². The fourth-order valence-electron chi connectivity index (χ4n) is 1.57. The van der Waals surface area contributed by atoms with Crippen molar-refractivity contribution >= 4 is 21.6 Å². The number of rotatable bonds is 3. The molecule has 6 heteroatoms. The number of hydrogen-bond donors (Lipinski definition) is 3. The second kappa shape index (κ2) is 5.44. The molecule has 0 aromatic heterocycles. The third kappa shape index (κ3) is 2.96. The highest BCUT2D eigenvalue weighted by molar-refractivity contribution is 9.10. The molecule has 0 aliphatic carbocycles. The monoisotopic (exact) mass is 329 g/mol. The van der Waals surface area contributed by atoms with Crippen molar-refractivity contribution in [2.75, 3.05) is 5.32 Å². The highest BCUT2D eigenvalue weighted by Crippen LogP contribution is 2.29. The molecule has 2 aromatic carbocycles. The van der Waals surface area contributed by atoms with Gasteiger partial charge in [-0.15, -0.1) is 0 Å². The van der Waals surface area contributed by atoms with Crippen LogP contribution in [0.3, 0.4) is 0 Å². The van der Waals surface area contributed by atoms with Crippen LogP contribution in [0.15, 0.2) is 34.8 Å². The summed E-state index contributed by atoms with van der Waals surface area (Å²) in [6.07, 6.45) is 0. The van der Waals surface area contributed by atoms with Crippen LogP contribution in [-0.4, -0.2) is 10.2 Å². The largest absolute Gasteiger partial charge is 0.504 e. The molecule has 0 aliphatic rings. The summed E-state index contributed by atoms with van der Waals surface area (Å²) >= 11 is 2.88. The molecule has 0 amide bonds. The van der Waals surface area contributed by atoms with Gasteiger partial charge in [0.05, 0.1) is 10.2 Å². The molecule has 2 rings (SSSR count). The Morgan fingerprint density at radius 2 is 1.84 bits per heavy atom. The van der Waals surface area contributed by atoms with Crippen molar-refractivity contribution in [2.24, 2.45) is 0 Å². The van der Waals surface area contributed by atoms with Crippen LogP contribution in [0.4, 0.5) is 14.5 Å². The number of para-hydroxylation sites is 1. The molecule has 3 nitrogen and oxygen atoms in total. The van der Waals surface area contributed by atoms with Gasteiger partial charge in [0.1, 0.15) is 11.6 Å². The molecule has 0 saturated carbocycles. The van der Waals surface area contributed by atoms with Crippen LogP contribution in [0.5, 0.6) is 11.5 Å².